The molecule has 0 amide bonds. The summed E-state index contributed by atoms with van der Waals surface area (Å²) in [6.45, 7) is 0. The zero-order chi connectivity index (χ0) is 26.4. The Morgan fingerprint density at radius 1 is 0.667 bits per heavy atom. The van der Waals surface area contributed by atoms with E-state index in [1.807, 2.05) is 36.4 Å². The Morgan fingerprint density at radius 3 is 1.44 bits per heavy atom. The van der Waals surface area contributed by atoms with Crippen molar-refractivity contribution >= 4 is 30.9 Å². The summed E-state index contributed by atoms with van der Waals surface area (Å²) in [5.74, 6) is 0. The highest BCUT2D eigenvalue weighted by Gasteiger charge is 2.37. The first-order chi connectivity index (χ1) is 16.9. The molecule has 0 aliphatic heterocycles. The predicted octanol–water partition coefficient (Wildman–Crippen LogP) is 5.94. The Balaban J connectivity index is 0.000000392. The summed E-state index contributed by atoms with van der Waals surface area (Å²) < 4.78 is 84.9. The number of sulfone groups is 1. The molecule has 0 atom stereocenters. The van der Waals surface area contributed by atoms with Crippen molar-refractivity contribution in [2.75, 3.05) is 0 Å². The summed E-state index contributed by atoms with van der Waals surface area (Å²) in [6, 6.07) is 28.5. The van der Waals surface area contributed by atoms with Crippen LogP contribution in [0.15, 0.2) is 105 Å². The molecule has 3 aromatic rings. The fraction of sp³-hybridized carbons (Fsp3) is 0.280. The molecule has 0 radical (unpaired) electrons. The van der Waals surface area contributed by atoms with Gasteiger partial charge in [0.05, 0.1) is 21.0 Å². The first-order valence-electron chi connectivity index (χ1n) is 11.1. The summed E-state index contributed by atoms with van der Waals surface area (Å²) in [7, 11) is -9.57. The van der Waals surface area contributed by atoms with E-state index in [0.29, 0.717) is 4.90 Å². The van der Waals surface area contributed by atoms with Gasteiger partial charge in [-0.1, -0.05) is 55.7 Å². The third kappa shape index (κ3) is 7.12. The van der Waals surface area contributed by atoms with Crippen LogP contribution < -0.4 is 0 Å². The lowest BCUT2D eigenvalue weighted by Gasteiger charge is -2.21. The zero-order valence-corrected chi connectivity index (χ0v) is 21.5. The largest absolute Gasteiger partial charge is 0.741 e. The van der Waals surface area contributed by atoms with E-state index in [1.54, 1.807) is 0 Å². The molecule has 4 rings (SSSR count). The summed E-state index contributed by atoms with van der Waals surface area (Å²) in [5.41, 5.74) is -5.65. The maximum absolute atomic E-state index is 13.0. The third-order valence-electron chi connectivity index (χ3n) is 5.62. The number of rotatable bonds is 5. The second kappa shape index (κ2) is 11.8. The molecule has 0 aromatic heterocycles. The molecule has 5 nitrogen and oxygen atoms in total. The lowest BCUT2D eigenvalue weighted by Crippen LogP contribution is -2.24. The SMILES string of the molecule is O=S(=O)([O-])C(F)(F)F.O=S(=O)(c1ccc([S+](c2ccccc2)c2ccccc2)cc1)C1CCCCC1. The number of benzene rings is 3. The fourth-order valence-corrected chi connectivity index (χ4v) is 7.79. The van der Waals surface area contributed by atoms with E-state index in [0.717, 1.165) is 37.0 Å². The summed E-state index contributed by atoms with van der Waals surface area (Å²) in [5, 5.41) is -0.214. The van der Waals surface area contributed by atoms with Crippen LogP contribution in [-0.4, -0.2) is 32.1 Å². The van der Waals surface area contributed by atoms with Crippen LogP contribution in [0.1, 0.15) is 32.1 Å². The van der Waals surface area contributed by atoms with Crippen LogP contribution in [0.5, 0.6) is 0 Å². The maximum Gasteiger partial charge on any atom is 0.485 e. The molecule has 0 N–H and O–H groups in total. The Morgan fingerprint density at radius 2 is 1.06 bits per heavy atom. The molecule has 0 saturated heterocycles. The van der Waals surface area contributed by atoms with Gasteiger partial charge in [0.2, 0.25) is 0 Å². The van der Waals surface area contributed by atoms with Crippen molar-refractivity contribution < 1.29 is 34.6 Å². The maximum atomic E-state index is 13.0. The third-order valence-corrected chi connectivity index (χ3v) is 10.7. The van der Waals surface area contributed by atoms with Gasteiger partial charge in [0.1, 0.15) is 0 Å². The minimum absolute atomic E-state index is 0.214. The molecule has 1 saturated carbocycles. The Bertz CT molecular complexity index is 1280. The van der Waals surface area contributed by atoms with E-state index in [1.165, 1.54) is 9.79 Å². The average molecular weight is 559 g/mol. The molecular formula is C25H25F3O5S3. The molecule has 3 aromatic carbocycles. The number of alkyl halides is 3. The minimum atomic E-state index is -6.09. The smallest absolute Gasteiger partial charge is 0.485 e. The van der Waals surface area contributed by atoms with Crippen LogP contribution in [-0.2, 0) is 30.9 Å². The van der Waals surface area contributed by atoms with Crippen LogP contribution in [0.2, 0.25) is 0 Å². The first kappa shape index (κ1) is 28.2. The van der Waals surface area contributed by atoms with Crippen molar-refractivity contribution in [3.8, 4) is 0 Å². The highest BCUT2D eigenvalue weighted by atomic mass is 32.2. The van der Waals surface area contributed by atoms with Gasteiger partial charge in [0, 0.05) is 0 Å². The van der Waals surface area contributed by atoms with Gasteiger partial charge in [-0.15, -0.1) is 0 Å². The lowest BCUT2D eigenvalue weighted by molar-refractivity contribution is -0.0517. The van der Waals surface area contributed by atoms with Crippen LogP contribution in [0.4, 0.5) is 13.2 Å². The molecule has 0 bridgehead atoms. The van der Waals surface area contributed by atoms with Crippen LogP contribution >= 0.6 is 0 Å². The molecule has 0 spiro atoms. The second-order valence-corrected chi connectivity index (χ2v) is 13.7. The summed E-state index contributed by atoms with van der Waals surface area (Å²) in [4.78, 5) is 4.07. The van der Waals surface area contributed by atoms with E-state index in [-0.39, 0.29) is 16.1 Å². The summed E-state index contributed by atoms with van der Waals surface area (Å²) in [6.07, 6.45) is 4.79. The van der Waals surface area contributed by atoms with Gasteiger partial charge in [-0.25, -0.2) is 16.8 Å². The van der Waals surface area contributed by atoms with Gasteiger partial charge in [-0.05, 0) is 61.4 Å². The average Bonchev–Trinajstić information content (AvgIpc) is 2.86. The Hall–Kier alpha value is -2.34. The van der Waals surface area contributed by atoms with Crippen LogP contribution in [0.25, 0.3) is 0 Å². The van der Waals surface area contributed by atoms with E-state index >= 15 is 0 Å². The van der Waals surface area contributed by atoms with Crippen molar-refractivity contribution in [2.24, 2.45) is 0 Å². The van der Waals surface area contributed by atoms with Gasteiger partial charge >= 0.3 is 5.51 Å². The van der Waals surface area contributed by atoms with Crippen LogP contribution in [0.3, 0.4) is 0 Å². The van der Waals surface area contributed by atoms with Crippen molar-refractivity contribution in [2.45, 2.75) is 62.4 Å². The first-order valence-corrected chi connectivity index (χ1v) is 15.3. The highest BCUT2D eigenvalue weighted by molar-refractivity contribution is 7.97. The summed E-state index contributed by atoms with van der Waals surface area (Å²) >= 11 is 0. The zero-order valence-electron chi connectivity index (χ0n) is 19.1. The molecule has 36 heavy (non-hydrogen) atoms. The van der Waals surface area contributed by atoms with Crippen molar-refractivity contribution in [3.63, 3.8) is 0 Å². The predicted molar refractivity (Wildman–Crippen MR) is 131 cm³/mol. The van der Waals surface area contributed by atoms with Crippen molar-refractivity contribution in [1.29, 1.82) is 0 Å². The van der Waals surface area contributed by atoms with Gasteiger partial charge in [0.25, 0.3) is 0 Å². The van der Waals surface area contributed by atoms with Gasteiger partial charge in [-0.3, -0.25) is 0 Å². The molecule has 0 unspecified atom stereocenters. The Kier molecular flexibility index (Phi) is 9.26. The molecule has 1 aliphatic rings. The van der Waals surface area contributed by atoms with Crippen molar-refractivity contribution in [3.05, 3.63) is 84.9 Å². The van der Waals surface area contributed by atoms with Gasteiger partial charge in [0.15, 0.2) is 34.6 Å². The molecule has 0 heterocycles. The van der Waals surface area contributed by atoms with Gasteiger partial charge < -0.3 is 4.55 Å². The van der Waals surface area contributed by atoms with Crippen LogP contribution in [0, 0.1) is 0 Å². The minimum Gasteiger partial charge on any atom is -0.741 e. The normalized spacial score (nSPS) is 15.2. The fourth-order valence-electron chi connectivity index (χ4n) is 3.85. The van der Waals surface area contributed by atoms with E-state index in [2.05, 4.69) is 48.5 Å². The van der Waals surface area contributed by atoms with E-state index in [9.17, 15) is 21.6 Å². The molecular weight excluding hydrogens is 533 g/mol. The molecule has 11 heteroatoms. The highest BCUT2D eigenvalue weighted by Crippen LogP contribution is 2.33. The van der Waals surface area contributed by atoms with Gasteiger partial charge in [-0.2, -0.15) is 13.2 Å². The van der Waals surface area contributed by atoms with Crippen molar-refractivity contribution in [1.82, 2.24) is 0 Å². The second-order valence-electron chi connectivity index (χ2n) is 8.11. The monoisotopic (exact) mass is 558 g/mol. The van der Waals surface area contributed by atoms with E-state index < -0.39 is 25.5 Å². The lowest BCUT2D eigenvalue weighted by atomic mass is 10.0. The molecule has 1 fully saturated rings. The topological polar surface area (TPSA) is 91.3 Å². The Labute approximate surface area is 212 Å². The van der Waals surface area contributed by atoms with E-state index in [4.69, 9.17) is 13.0 Å². The number of hydrogen-bond acceptors (Lipinski definition) is 5. The number of hydrogen-bond donors (Lipinski definition) is 0. The standard InChI is InChI=1S/C24H25O2S2.CHF3O3S/c25-28(26,23-14-8-3-9-15-23)24-18-16-22(17-19-24)27(20-10-4-1-5-11-20)21-12-6-2-7-13-21;2-1(3,4)8(5,6)7/h1-2,4-7,10-13,16-19,23H,3,8-9,14-15H2;(H,5,6,7)/q+1;/p-1. The molecule has 1 aliphatic carbocycles. The number of halogens is 3. The molecule has 194 valence electrons. The quantitative estimate of drug-likeness (QED) is 0.220.